The number of carbonyl (C=O) groups is 3. The Morgan fingerprint density at radius 1 is 0.881 bits per heavy atom. The maximum atomic E-state index is 14.8. The van der Waals surface area contributed by atoms with E-state index >= 15 is 0 Å². The van der Waals surface area contributed by atoms with Gasteiger partial charge < -0.3 is 54.3 Å². The van der Waals surface area contributed by atoms with Crippen molar-refractivity contribution >= 4 is 46.5 Å². The lowest BCUT2D eigenvalue weighted by atomic mass is 9.91. The molecule has 4 saturated heterocycles. The summed E-state index contributed by atoms with van der Waals surface area (Å²) in [6, 6.07) is 22.3. The molecule has 8 heterocycles. The number of fused-ring (bicyclic) bond motifs is 2. The third-order valence-corrected chi connectivity index (χ3v) is 18.3. The number of thiazole rings is 1. The number of aromatic nitrogens is 5. The number of nitrogens with zero attached hydrogens (tertiary/aromatic N) is 10. The number of carbonyl (C=O) groups excluding carboxylic acids is 3. The van der Waals surface area contributed by atoms with E-state index in [9.17, 15) is 19.5 Å². The Morgan fingerprint density at radius 3 is 2.35 bits per heavy atom. The molecule has 0 aliphatic carbocycles. The van der Waals surface area contributed by atoms with Crippen molar-refractivity contribution < 1.29 is 43.0 Å². The molecule has 0 spiro atoms. The summed E-state index contributed by atoms with van der Waals surface area (Å²) >= 11 is 1.58. The van der Waals surface area contributed by atoms with Gasteiger partial charge >= 0.3 is 6.16 Å². The predicted octanol–water partition coefficient (Wildman–Crippen LogP) is 8.74. The highest BCUT2D eigenvalue weighted by molar-refractivity contribution is 7.13. The van der Waals surface area contributed by atoms with Crippen LogP contribution in [0, 0.1) is 18.8 Å². The fourth-order valence-corrected chi connectivity index (χ4v) is 13.0. The number of ether oxygens (including phenoxy) is 4. The first-order chi connectivity index (χ1) is 40.5. The van der Waals surface area contributed by atoms with Crippen LogP contribution in [0.3, 0.4) is 0 Å². The predicted molar refractivity (Wildman–Crippen MR) is 321 cm³/mol. The Bertz CT molecular complexity index is 3200. The van der Waals surface area contributed by atoms with E-state index in [4.69, 9.17) is 29.2 Å². The van der Waals surface area contributed by atoms with E-state index in [1.165, 1.54) is 4.90 Å². The third-order valence-electron chi connectivity index (χ3n) is 17.3. The van der Waals surface area contributed by atoms with Crippen LogP contribution >= 0.6 is 11.3 Å². The van der Waals surface area contributed by atoms with Gasteiger partial charge in [0.2, 0.25) is 17.7 Å². The summed E-state index contributed by atoms with van der Waals surface area (Å²) in [7, 11) is 0. The van der Waals surface area contributed by atoms with Crippen LogP contribution in [0.5, 0.6) is 17.5 Å². The van der Waals surface area contributed by atoms with Crippen molar-refractivity contribution in [3.63, 3.8) is 0 Å². The Labute approximate surface area is 495 Å². The molecule has 6 aromatic rings. The first kappa shape index (κ1) is 59.6. The summed E-state index contributed by atoms with van der Waals surface area (Å²) in [4.78, 5) is 63.3. The molecule has 4 fully saturated rings. The molecule has 4 aliphatic rings. The summed E-state index contributed by atoms with van der Waals surface area (Å²) in [5, 5.41) is 26.4. The molecule has 9 atom stereocenters. The van der Waals surface area contributed by atoms with E-state index in [1.807, 2.05) is 103 Å². The largest absolute Gasteiger partial charge is 0.508 e. The molecule has 22 heteroatoms. The second-order valence-electron chi connectivity index (χ2n) is 23.3. The number of likely N-dealkylation sites (tertiary alicyclic amines) is 1. The number of para-hydroxylation sites is 1. The number of nitrogens with two attached hydrogens (primary N) is 1. The second-order valence-corrected chi connectivity index (χ2v) is 24.2. The minimum atomic E-state index is -0.935. The number of rotatable bonds is 22. The molecule has 448 valence electrons. The molecule has 84 heavy (non-hydrogen) atoms. The number of pyridine rings is 1. The van der Waals surface area contributed by atoms with Gasteiger partial charge in [0.05, 0.1) is 40.0 Å². The number of benzene rings is 2. The number of nitrogens with one attached hydrogen (secondary N) is 1. The maximum Gasteiger partial charge on any atom is 0.508 e. The number of phenols is 1. The van der Waals surface area contributed by atoms with E-state index < -0.39 is 24.2 Å². The number of amides is 2. The zero-order chi connectivity index (χ0) is 59.2. The fraction of sp³-hybridized carbons (Fsp3) is 0.516. The van der Waals surface area contributed by atoms with Crippen LogP contribution in [0.2, 0.25) is 0 Å². The van der Waals surface area contributed by atoms with Crippen LogP contribution in [0.25, 0.3) is 21.7 Å². The van der Waals surface area contributed by atoms with Crippen LogP contribution in [0.4, 0.5) is 22.0 Å². The van der Waals surface area contributed by atoms with E-state index in [0.717, 1.165) is 91.6 Å². The van der Waals surface area contributed by atoms with Crippen LogP contribution in [0.15, 0.2) is 89.0 Å². The van der Waals surface area contributed by atoms with Crippen molar-refractivity contribution in [3.05, 3.63) is 102 Å². The highest BCUT2D eigenvalue weighted by atomic mass is 32.1. The molecule has 4 unspecified atom stereocenters. The number of anilines is 3. The van der Waals surface area contributed by atoms with E-state index in [2.05, 4.69) is 69.3 Å². The Balaban J connectivity index is 0.696. The van der Waals surface area contributed by atoms with Gasteiger partial charge in [0.1, 0.15) is 43.1 Å². The Hall–Kier alpha value is -7.56. The molecule has 4 aliphatic heterocycles. The molecule has 21 nitrogen and oxygen atoms in total. The number of hydrogen-bond donors (Lipinski definition) is 3. The Kier molecular flexibility index (Phi) is 18.8. The average molecular weight is 1170 g/mol. The van der Waals surface area contributed by atoms with Gasteiger partial charge in [0, 0.05) is 99.9 Å². The topological polar surface area (TPSA) is 240 Å². The molecule has 2 aromatic carbocycles. The van der Waals surface area contributed by atoms with Crippen molar-refractivity contribution in [3.8, 4) is 39.2 Å². The molecule has 2 bridgehead atoms. The summed E-state index contributed by atoms with van der Waals surface area (Å²) in [6.45, 7) is 22.2. The molecular weight excluding hydrogens is 1090 g/mol. The summed E-state index contributed by atoms with van der Waals surface area (Å²) in [5.74, 6) is 0.0915. The highest BCUT2D eigenvalue weighted by Crippen LogP contribution is 2.40. The smallest absolute Gasteiger partial charge is 0.507 e. The number of hydrogen-bond acceptors (Lipinski definition) is 20. The molecular formula is C62H80N12O9S. The fourth-order valence-electron chi connectivity index (χ4n) is 12.2. The van der Waals surface area contributed by atoms with E-state index in [-0.39, 0.29) is 78.5 Å². The standard InChI is InChI=1S/C62H80N12O9S/c1-9-38(4)42(8)81-62(78)82-48-29-52(60(76)66-40(6)43-14-16-44(17-15-43)58-41(7)65-36-84-58)73(35-48)61(77)57(37(2)3)54-31-56(69-83-54)80-26-24-70-22-23-71(39(5)32-70)25-27-79-55-28-45(20-21-64-55)74-46-18-19-47(74)34-72(33-46)51-30-50(67-68-59(51)63)49-12-10-11-13-53(49)75/h10-17,20-21,28,30-31,36-40,42,46-48,52,57,75H,9,18-19,22-27,29,32-35H2,1-8H3,(H2,63,68)(H,66,76)/t38?,39-,40+,42?,46?,47?,48-,52+,57-/m1/s1. The summed E-state index contributed by atoms with van der Waals surface area (Å²) in [5.41, 5.74) is 14.3. The van der Waals surface area contributed by atoms with E-state index in [1.54, 1.807) is 29.5 Å². The third kappa shape index (κ3) is 13.7. The zero-order valence-electron chi connectivity index (χ0n) is 49.4. The van der Waals surface area contributed by atoms with Gasteiger partial charge in [-0.2, -0.15) is 0 Å². The number of piperazine rings is 2. The normalized spacial score (nSPS) is 21.5. The molecule has 0 saturated carbocycles. The van der Waals surface area contributed by atoms with Crippen molar-refractivity contribution in [1.29, 1.82) is 0 Å². The maximum absolute atomic E-state index is 14.8. The molecule has 4 aromatic heterocycles. The monoisotopic (exact) mass is 1170 g/mol. The van der Waals surface area contributed by atoms with Gasteiger partial charge in [-0.25, -0.2) is 14.8 Å². The van der Waals surface area contributed by atoms with Crippen molar-refractivity contribution in [2.45, 2.75) is 129 Å². The minimum absolute atomic E-state index is 0.00152. The van der Waals surface area contributed by atoms with Gasteiger partial charge in [-0.1, -0.05) is 70.5 Å². The van der Waals surface area contributed by atoms with Gasteiger partial charge in [-0.05, 0) is 92.9 Å². The highest BCUT2D eigenvalue weighted by Gasteiger charge is 2.46. The van der Waals surface area contributed by atoms with Gasteiger partial charge in [-0.15, -0.1) is 21.5 Å². The number of aryl methyl sites for hydroxylation is 1. The lowest BCUT2D eigenvalue weighted by Crippen LogP contribution is -2.54. The van der Waals surface area contributed by atoms with Crippen molar-refractivity contribution in [2.75, 3.05) is 81.1 Å². The lowest BCUT2D eigenvalue weighted by Gasteiger charge is -2.43. The number of nitrogen functional groups attached to an aromatic ring is 1. The van der Waals surface area contributed by atoms with Crippen LogP contribution in [0.1, 0.15) is 103 Å². The van der Waals surface area contributed by atoms with Gasteiger partial charge in [-0.3, -0.25) is 19.4 Å². The first-order valence-corrected chi connectivity index (χ1v) is 30.5. The van der Waals surface area contributed by atoms with Crippen LogP contribution < -0.4 is 30.3 Å². The number of phenolic OH excluding ortho intramolecular Hbond substituents is 1. The van der Waals surface area contributed by atoms with Crippen LogP contribution in [-0.2, 0) is 19.1 Å². The minimum Gasteiger partial charge on any atom is -0.507 e. The number of aromatic hydroxyl groups is 1. The summed E-state index contributed by atoms with van der Waals surface area (Å²) in [6.07, 6.45) is 2.88. The molecule has 10 rings (SSSR count). The van der Waals surface area contributed by atoms with Crippen LogP contribution in [-0.4, -0.2) is 165 Å². The van der Waals surface area contributed by atoms with Gasteiger partial charge in [0.25, 0.3) is 5.88 Å². The van der Waals surface area contributed by atoms with Crippen molar-refractivity contribution in [1.82, 2.24) is 45.3 Å². The quantitative estimate of drug-likeness (QED) is 0.0538. The van der Waals surface area contributed by atoms with E-state index in [0.29, 0.717) is 48.5 Å². The Morgan fingerprint density at radius 2 is 1.63 bits per heavy atom. The SMILES string of the molecule is CCC(C)C(C)OC(=O)O[C@@H]1C[C@@H](C(=O)N[C@@H](C)c2ccc(-c3scnc3C)cc2)N(C(=O)[C@@H](c2cc(OCCN3CCN(CCOc4cc(N5C6CCC5CN(c5cc(-c7ccccc7O)nnc5N)C6)ccn4)[C@H](C)C3)no2)C(C)C)C1. The zero-order valence-corrected chi connectivity index (χ0v) is 50.2. The molecule has 2 amide bonds. The molecule has 0 radical (unpaired) electrons. The average Bonchev–Trinajstić information content (AvgIpc) is 2.53. The second kappa shape index (κ2) is 26.6. The summed E-state index contributed by atoms with van der Waals surface area (Å²) < 4.78 is 29.7. The van der Waals surface area contributed by atoms with Crippen molar-refractivity contribution in [2.24, 2.45) is 11.8 Å². The molecule has 4 N–H and O–H groups in total. The first-order valence-electron chi connectivity index (χ1n) is 29.6. The lowest BCUT2D eigenvalue weighted by molar-refractivity contribution is -0.141. The van der Waals surface area contributed by atoms with Gasteiger partial charge in [0.15, 0.2) is 11.6 Å².